The Balaban J connectivity index is 2.43. The van der Waals surface area contributed by atoms with Crippen molar-refractivity contribution < 1.29 is 9.53 Å². The van der Waals surface area contributed by atoms with Crippen LogP contribution in [0.5, 0.6) is 0 Å². The van der Waals surface area contributed by atoms with E-state index < -0.39 is 0 Å². The summed E-state index contributed by atoms with van der Waals surface area (Å²) in [6.07, 6.45) is 2.29. The lowest BCUT2D eigenvalue weighted by molar-refractivity contribution is -0.132. The molecule has 0 saturated carbocycles. The molecule has 1 aliphatic rings. The van der Waals surface area contributed by atoms with E-state index in [1.165, 1.54) is 0 Å². The maximum absolute atomic E-state index is 12.2. The molecule has 4 nitrogen and oxygen atoms in total. The molecule has 1 heterocycles. The molecule has 4 heteroatoms. The molecule has 2 atom stereocenters. The average molecular weight is 256 g/mol. The van der Waals surface area contributed by atoms with Crippen molar-refractivity contribution in [2.45, 2.75) is 52.6 Å². The first-order chi connectivity index (χ1) is 8.56. The number of nitrogens with zero attached hydrogens (tertiary/aromatic N) is 1. The van der Waals surface area contributed by atoms with Crippen LogP contribution in [0.1, 0.15) is 40.5 Å². The number of carbonyl (C=O) groups is 1. The number of likely N-dealkylation sites (tertiary alicyclic amines) is 1. The SMILES string of the molecule is CCOCC(NC(C)C(=O)N1CCCC1)C(C)C. The van der Waals surface area contributed by atoms with E-state index in [4.69, 9.17) is 4.74 Å². The molecule has 106 valence electrons. The van der Waals surface area contributed by atoms with E-state index in [1.54, 1.807) is 0 Å². The van der Waals surface area contributed by atoms with Crippen molar-refractivity contribution in [2.24, 2.45) is 5.92 Å². The Labute approximate surface area is 111 Å². The first-order valence-corrected chi connectivity index (χ1v) is 7.18. The van der Waals surface area contributed by atoms with Crippen LogP contribution in [0.4, 0.5) is 0 Å². The van der Waals surface area contributed by atoms with E-state index in [1.807, 2.05) is 18.7 Å². The fourth-order valence-electron chi connectivity index (χ4n) is 2.28. The fourth-order valence-corrected chi connectivity index (χ4v) is 2.28. The minimum atomic E-state index is -0.115. The maximum Gasteiger partial charge on any atom is 0.239 e. The molecule has 0 aliphatic carbocycles. The summed E-state index contributed by atoms with van der Waals surface area (Å²) in [6.45, 7) is 11.5. The van der Waals surface area contributed by atoms with Gasteiger partial charge in [0, 0.05) is 25.7 Å². The second-order valence-corrected chi connectivity index (χ2v) is 5.43. The van der Waals surface area contributed by atoms with Gasteiger partial charge in [0.15, 0.2) is 0 Å². The summed E-state index contributed by atoms with van der Waals surface area (Å²) >= 11 is 0. The Morgan fingerprint density at radius 3 is 2.39 bits per heavy atom. The standard InChI is InChI=1S/C14H28N2O2/c1-5-18-10-13(11(2)3)15-12(4)14(17)16-8-6-7-9-16/h11-13,15H,5-10H2,1-4H3. The number of hydrogen-bond donors (Lipinski definition) is 1. The van der Waals surface area contributed by atoms with E-state index in [0.29, 0.717) is 12.5 Å². The Bertz CT molecular complexity index is 250. The van der Waals surface area contributed by atoms with Crippen LogP contribution in [0.2, 0.25) is 0 Å². The summed E-state index contributed by atoms with van der Waals surface area (Å²) in [6, 6.07) is 0.127. The van der Waals surface area contributed by atoms with Gasteiger partial charge in [-0.25, -0.2) is 0 Å². The van der Waals surface area contributed by atoms with Crippen LogP contribution in [0, 0.1) is 5.92 Å². The molecule has 1 rings (SSSR count). The van der Waals surface area contributed by atoms with Gasteiger partial charge >= 0.3 is 0 Å². The molecule has 0 spiro atoms. The first-order valence-electron chi connectivity index (χ1n) is 7.18. The van der Waals surface area contributed by atoms with Gasteiger partial charge in [-0.1, -0.05) is 13.8 Å². The summed E-state index contributed by atoms with van der Waals surface area (Å²) in [7, 11) is 0. The molecule has 2 unspecified atom stereocenters. The van der Waals surface area contributed by atoms with Gasteiger partial charge in [-0.2, -0.15) is 0 Å². The van der Waals surface area contributed by atoms with Crippen LogP contribution in [0.15, 0.2) is 0 Å². The van der Waals surface area contributed by atoms with Gasteiger partial charge in [-0.15, -0.1) is 0 Å². The Morgan fingerprint density at radius 1 is 1.28 bits per heavy atom. The van der Waals surface area contributed by atoms with E-state index in [9.17, 15) is 4.79 Å². The highest BCUT2D eigenvalue weighted by molar-refractivity contribution is 5.81. The van der Waals surface area contributed by atoms with Gasteiger partial charge in [0.05, 0.1) is 12.6 Å². The largest absolute Gasteiger partial charge is 0.380 e. The van der Waals surface area contributed by atoms with Crippen molar-refractivity contribution in [3.8, 4) is 0 Å². The second-order valence-electron chi connectivity index (χ2n) is 5.43. The van der Waals surface area contributed by atoms with Crippen LogP contribution < -0.4 is 5.32 Å². The van der Waals surface area contributed by atoms with Crippen molar-refractivity contribution >= 4 is 5.91 Å². The van der Waals surface area contributed by atoms with Crippen molar-refractivity contribution in [2.75, 3.05) is 26.3 Å². The summed E-state index contributed by atoms with van der Waals surface area (Å²) in [4.78, 5) is 14.2. The van der Waals surface area contributed by atoms with Crippen LogP contribution in [0.25, 0.3) is 0 Å². The zero-order valence-corrected chi connectivity index (χ0v) is 12.2. The molecule has 1 fully saturated rings. The highest BCUT2D eigenvalue weighted by atomic mass is 16.5. The highest BCUT2D eigenvalue weighted by Gasteiger charge is 2.25. The van der Waals surface area contributed by atoms with Gasteiger partial charge in [0.1, 0.15) is 0 Å². The molecule has 0 bridgehead atoms. The minimum absolute atomic E-state index is 0.115. The van der Waals surface area contributed by atoms with Gasteiger partial charge in [-0.05, 0) is 32.6 Å². The van der Waals surface area contributed by atoms with Crippen LogP contribution in [-0.2, 0) is 9.53 Å². The lowest BCUT2D eigenvalue weighted by Crippen LogP contribution is -2.50. The monoisotopic (exact) mass is 256 g/mol. The number of carbonyl (C=O) groups excluding carboxylic acids is 1. The number of amides is 1. The van der Waals surface area contributed by atoms with Gasteiger partial charge in [0.2, 0.25) is 5.91 Å². The smallest absolute Gasteiger partial charge is 0.239 e. The third-order valence-electron chi connectivity index (χ3n) is 3.56. The Kier molecular flexibility index (Phi) is 6.65. The van der Waals surface area contributed by atoms with Crippen molar-refractivity contribution in [1.82, 2.24) is 10.2 Å². The molecule has 0 aromatic carbocycles. The molecule has 18 heavy (non-hydrogen) atoms. The Morgan fingerprint density at radius 2 is 1.89 bits per heavy atom. The lowest BCUT2D eigenvalue weighted by Gasteiger charge is -2.28. The molecular weight excluding hydrogens is 228 g/mol. The molecule has 0 aromatic heterocycles. The number of nitrogens with one attached hydrogen (secondary N) is 1. The predicted octanol–water partition coefficient (Wildman–Crippen LogP) is 1.65. The topological polar surface area (TPSA) is 41.6 Å². The zero-order chi connectivity index (χ0) is 13.5. The average Bonchev–Trinajstić information content (AvgIpc) is 2.86. The predicted molar refractivity (Wildman–Crippen MR) is 73.5 cm³/mol. The van der Waals surface area contributed by atoms with Gasteiger partial charge in [-0.3, -0.25) is 4.79 Å². The first kappa shape index (κ1) is 15.4. The van der Waals surface area contributed by atoms with Crippen LogP contribution in [0.3, 0.4) is 0 Å². The van der Waals surface area contributed by atoms with E-state index >= 15 is 0 Å². The molecule has 0 aromatic rings. The normalized spacial score (nSPS) is 19.3. The van der Waals surface area contributed by atoms with E-state index in [2.05, 4.69) is 19.2 Å². The van der Waals surface area contributed by atoms with E-state index in [0.717, 1.165) is 32.5 Å². The fraction of sp³-hybridized carbons (Fsp3) is 0.929. The van der Waals surface area contributed by atoms with Gasteiger partial charge in [0.25, 0.3) is 0 Å². The summed E-state index contributed by atoms with van der Waals surface area (Å²) in [5.74, 6) is 0.694. The van der Waals surface area contributed by atoms with Crippen molar-refractivity contribution in [3.63, 3.8) is 0 Å². The Hall–Kier alpha value is -0.610. The van der Waals surface area contributed by atoms with Crippen LogP contribution >= 0.6 is 0 Å². The number of hydrogen-bond acceptors (Lipinski definition) is 3. The summed E-state index contributed by atoms with van der Waals surface area (Å²) < 4.78 is 5.48. The third-order valence-corrected chi connectivity index (χ3v) is 3.56. The molecule has 1 saturated heterocycles. The number of ether oxygens (including phenoxy) is 1. The molecule has 1 N–H and O–H groups in total. The molecule has 1 aliphatic heterocycles. The van der Waals surface area contributed by atoms with Gasteiger partial charge < -0.3 is 15.0 Å². The minimum Gasteiger partial charge on any atom is -0.380 e. The number of rotatable bonds is 7. The molecule has 0 radical (unpaired) electrons. The summed E-state index contributed by atoms with van der Waals surface area (Å²) in [5, 5.41) is 3.41. The van der Waals surface area contributed by atoms with Crippen molar-refractivity contribution in [3.05, 3.63) is 0 Å². The lowest BCUT2D eigenvalue weighted by atomic mass is 10.0. The maximum atomic E-state index is 12.2. The van der Waals surface area contributed by atoms with Crippen LogP contribution in [-0.4, -0.2) is 49.2 Å². The molecule has 1 amide bonds. The zero-order valence-electron chi connectivity index (χ0n) is 12.2. The molecular formula is C14H28N2O2. The summed E-state index contributed by atoms with van der Waals surface area (Å²) in [5.41, 5.74) is 0. The second kappa shape index (κ2) is 7.74. The quantitative estimate of drug-likeness (QED) is 0.753. The van der Waals surface area contributed by atoms with Crippen molar-refractivity contribution in [1.29, 1.82) is 0 Å². The highest BCUT2D eigenvalue weighted by Crippen LogP contribution is 2.10. The third kappa shape index (κ3) is 4.58. The van der Waals surface area contributed by atoms with E-state index in [-0.39, 0.29) is 18.0 Å².